The van der Waals surface area contributed by atoms with E-state index in [9.17, 15) is 15.2 Å². The summed E-state index contributed by atoms with van der Waals surface area (Å²) in [7, 11) is 0. The first-order valence-electron chi connectivity index (χ1n) is 6.41. The van der Waals surface area contributed by atoms with Gasteiger partial charge in [-0.15, -0.1) is 0 Å². The van der Waals surface area contributed by atoms with Crippen molar-refractivity contribution in [1.29, 1.82) is 0 Å². The summed E-state index contributed by atoms with van der Waals surface area (Å²) in [5, 5.41) is 23.7. The molecule has 0 aromatic heterocycles. The quantitative estimate of drug-likeness (QED) is 0.613. The molecule has 0 unspecified atom stereocenters. The Labute approximate surface area is 113 Å². The van der Waals surface area contributed by atoms with Gasteiger partial charge in [-0.2, -0.15) is 0 Å². The summed E-state index contributed by atoms with van der Waals surface area (Å²) in [6.45, 7) is 8.24. The third kappa shape index (κ3) is 4.96. The van der Waals surface area contributed by atoms with Gasteiger partial charge in [0.25, 0.3) is 5.69 Å². The molecule has 1 aromatic rings. The molecule has 0 saturated heterocycles. The lowest BCUT2D eigenvalue weighted by atomic mass is 9.99. The second-order valence-corrected chi connectivity index (χ2v) is 5.72. The number of hydrogen-bond acceptors (Lipinski definition) is 4. The Bertz CT molecular complexity index is 450. The first-order chi connectivity index (χ1) is 8.70. The monoisotopic (exact) mass is 266 g/mol. The molecule has 0 saturated carbocycles. The number of benzene rings is 1. The molecule has 0 aliphatic rings. The minimum Gasteiger partial charge on any atom is -0.389 e. The van der Waals surface area contributed by atoms with Crippen molar-refractivity contribution < 1.29 is 10.0 Å². The summed E-state index contributed by atoms with van der Waals surface area (Å²) < 4.78 is 0. The summed E-state index contributed by atoms with van der Waals surface area (Å²) >= 11 is 0. The Balaban J connectivity index is 2.82. The van der Waals surface area contributed by atoms with Crippen LogP contribution in [0.2, 0.25) is 0 Å². The second kappa shape index (κ2) is 6.12. The van der Waals surface area contributed by atoms with Crippen LogP contribution in [0.25, 0.3) is 0 Å². The van der Waals surface area contributed by atoms with Gasteiger partial charge >= 0.3 is 0 Å². The molecule has 0 aliphatic carbocycles. The summed E-state index contributed by atoms with van der Waals surface area (Å²) in [5.41, 5.74) is 0.971. The fourth-order valence-electron chi connectivity index (χ4n) is 1.86. The van der Waals surface area contributed by atoms with E-state index in [-0.39, 0.29) is 16.5 Å². The van der Waals surface area contributed by atoms with Gasteiger partial charge in [-0.05, 0) is 25.3 Å². The van der Waals surface area contributed by atoms with Crippen LogP contribution in [0.1, 0.15) is 44.7 Å². The zero-order chi connectivity index (χ0) is 14.6. The van der Waals surface area contributed by atoms with Crippen molar-refractivity contribution in [3.8, 4) is 0 Å². The number of nitrogens with one attached hydrogen (secondary N) is 1. The highest BCUT2D eigenvalue weighted by molar-refractivity contribution is 5.45. The van der Waals surface area contributed by atoms with Crippen LogP contribution in [-0.4, -0.2) is 22.2 Å². The summed E-state index contributed by atoms with van der Waals surface area (Å²) in [5.74, 6) is 0.124. The first kappa shape index (κ1) is 15.6. The van der Waals surface area contributed by atoms with Crippen molar-refractivity contribution in [3.63, 3.8) is 0 Å². The predicted molar refractivity (Wildman–Crippen MR) is 75.2 cm³/mol. The SMILES string of the molecule is CC(C)c1ccc(CNCC(C)(C)O)cc1[N+](=O)[O-]. The van der Waals surface area contributed by atoms with Crippen LogP contribution in [0.3, 0.4) is 0 Å². The van der Waals surface area contributed by atoms with Crippen molar-refractivity contribution in [1.82, 2.24) is 5.32 Å². The molecule has 0 radical (unpaired) electrons. The molecule has 0 aliphatic heterocycles. The van der Waals surface area contributed by atoms with Gasteiger partial charge in [0.15, 0.2) is 0 Å². The number of nitro groups is 1. The van der Waals surface area contributed by atoms with Gasteiger partial charge in [-0.3, -0.25) is 10.1 Å². The lowest BCUT2D eigenvalue weighted by Crippen LogP contribution is -2.34. The predicted octanol–water partition coefficient (Wildman–Crippen LogP) is 2.58. The van der Waals surface area contributed by atoms with Gasteiger partial charge in [-0.25, -0.2) is 0 Å². The normalized spacial score (nSPS) is 11.9. The Morgan fingerprint density at radius 1 is 1.42 bits per heavy atom. The standard InChI is InChI=1S/C14H22N2O3/c1-10(2)12-6-5-11(7-13(12)16(18)19)8-15-9-14(3,4)17/h5-7,10,15,17H,8-9H2,1-4H3. The minimum atomic E-state index is -0.788. The smallest absolute Gasteiger partial charge is 0.273 e. The van der Waals surface area contributed by atoms with E-state index in [1.54, 1.807) is 19.9 Å². The third-order valence-corrected chi connectivity index (χ3v) is 2.80. The highest BCUT2D eigenvalue weighted by atomic mass is 16.6. The Morgan fingerprint density at radius 2 is 2.05 bits per heavy atom. The number of aliphatic hydroxyl groups is 1. The molecule has 5 nitrogen and oxygen atoms in total. The molecule has 0 heterocycles. The fraction of sp³-hybridized carbons (Fsp3) is 0.571. The van der Waals surface area contributed by atoms with Crippen molar-refractivity contribution in [2.24, 2.45) is 0 Å². The Kier molecular flexibility index (Phi) is 5.03. The second-order valence-electron chi connectivity index (χ2n) is 5.72. The van der Waals surface area contributed by atoms with Gasteiger partial charge in [0, 0.05) is 24.7 Å². The van der Waals surface area contributed by atoms with Crippen LogP contribution in [0.4, 0.5) is 5.69 Å². The van der Waals surface area contributed by atoms with Crippen molar-refractivity contribution in [2.45, 2.75) is 45.8 Å². The topological polar surface area (TPSA) is 75.4 Å². The highest BCUT2D eigenvalue weighted by Crippen LogP contribution is 2.27. The van der Waals surface area contributed by atoms with Gasteiger partial charge in [0.05, 0.1) is 10.5 Å². The Morgan fingerprint density at radius 3 is 2.53 bits per heavy atom. The molecule has 5 heteroatoms. The molecule has 0 bridgehead atoms. The molecular formula is C14H22N2O3. The number of nitrogens with zero attached hydrogens (tertiary/aromatic N) is 1. The van der Waals surface area contributed by atoms with Crippen LogP contribution in [-0.2, 0) is 6.54 Å². The fourth-order valence-corrected chi connectivity index (χ4v) is 1.86. The summed E-state index contributed by atoms with van der Waals surface area (Å²) in [6.07, 6.45) is 0. The molecule has 19 heavy (non-hydrogen) atoms. The molecule has 0 spiro atoms. The third-order valence-electron chi connectivity index (χ3n) is 2.80. The lowest BCUT2D eigenvalue weighted by molar-refractivity contribution is -0.385. The zero-order valence-electron chi connectivity index (χ0n) is 11.9. The molecule has 1 rings (SSSR count). The van der Waals surface area contributed by atoms with Crippen LogP contribution in [0.15, 0.2) is 18.2 Å². The molecule has 0 atom stereocenters. The average Bonchev–Trinajstić information content (AvgIpc) is 2.26. The van der Waals surface area contributed by atoms with E-state index in [4.69, 9.17) is 0 Å². The van der Waals surface area contributed by atoms with Crippen LogP contribution < -0.4 is 5.32 Å². The molecule has 106 valence electrons. The largest absolute Gasteiger partial charge is 0.389 e. The van der Waals surface area contributed by atoms with Gasteiger partial charge in [0.2, 0.25) is 0 Å². The molecule has 2 N–H and O–H groups in total. The number of nitro benzene ring substituents is 1. The van der Waals surface area contributed by atoms with Gasteiger partial charge < -0.3 is 10.4 Å². The van der Waals surface area contributed by atoms with Crippen molar-refractivity contribution >= 4 is 5.69 Å². The number of hydrogen-bond donors (Lipinski definition) is 2. The maximum Gasteiger partial charge on any atom is 0.273 e. The molecular weight excluding hydrogens is 244 g/mol. The van der Waals surface area contributed by atoms with Crippen molar-refractivity contribution in [2.75, 3.05) is 6.54 Å². The van der Waals surface area contributed by atoms with E-state index in [1.165, 1.54) is 0 Å². The summed E-state index contributed by atoms with van der Waals surface area (Å²) in [4.78, 5) is 10.7. The van der Waals surface area contributed by atoms with Crippen molar-refractivity contribution in [3.05, 3.63) is 39.4 Å². The maximum absolute atomic E-state index is 11.1. The van der Waals surface area contributed by atoms with E-state index in [0.717, 1.165) is 11.1 Å². The van der Waals surface area contributed by atoms with E-state index >= 15 is 0 Å². The number of rotatable bonds is 6. The van der Waals surface area contributed by atoms with E-state index in [1.807, 2.05) is 26.0 Å². The summed E-state index contributed by atoms with van der Waals surface area (Å²) in [6, 6.07) is 5.30. The molecule has 0 amide bonds. The zero-order valence-corrected chi connectivity index (χ0v) is 11.9. The van der Waals surface area contributed by atoms with Crippen LogP contribution in [0.5, 0.6) is 0 Å². The van der Waals surface area contributed by atoms with Gasteiger partial charge in [-0.1, -0.05) is 26.0 Å². The average molecular weight is 266 g/mol. The van der Waals surface area contributed by atoms with Crippen LogP contribution in [0, 0.1) is 10.1 Å². The van der Waals surface area contributed by atoms with Gasteiger partial charge in [0.1, 0.15) is 0 Å². The maximum atomic E-state index is 11.1. The lowest BCUT2D eigenvalue weighted by Gasteiger charge is -2.17. The molecule has 0 fully saturated rings. The molecule has 1 aromatic carbocycles. The van der Waals surface area contributed by atoms with E-state index in [0.29, 0.717) is 13.1 Å². The minimum absolute atomic E-state index is 0.124. The highest BCUT2D eigenvalue weighted by Gasteiger charge is 2.17. The van der Waals surface area contributed by atoms with E-state index < -0.39 is 5.60 Å². The van der Waals surface area contributed by atoms with Crippen LogP contribution >= 0.6 is 0 Å². The Hall–Kier alpha value is -1.46. The van der Waals surface area contributed by atoms with E-state index in [2.05, 4.69) is 5.32 Å². The first-order valence-corrected chi connectivity index (χ1v) is 6.41.